The molecule has 21 heavy (non-hydrogen) atoms. The molecule has 114 valence electrons. The molecule has 4 nitrogen and oxygen atoms in total. The average molecular weight is 288 g/mol. The van der Waals surface area contributed by atoms with Crippen molar-refractivity contribution in [2.75, 3.05) is 6.54 Å². The summed E-state index contributed by atoms with van der Waals surface area (Å²) in [6.07, 6.45) is 4.97. The van der Waals surface area contributed by atoms with Gasteiger partial charge < -0.3 is 15.7 Å². The maximum Gasteiger partial charge on any atom is 0.315 e. The number of amides is 2. The fourth-order valence-electron chi connectivity index (χ4n) is 3.01. The third kappa shape index (κ3) is 3.38. The minimum Gasteiger partial charge on any atom is -0.388 e. The van der Waals surface area contributed by atoms with E-state index in [-0.39, 0.29) is 12.1 Å². The summed E-state index contributed by atoms with van der Waals surface area (Å²) in [5.41, 5.74) is 1.75. The van der Waals surface area contributed by atoms with Gasteiger partial charge in [0.15, 0.2) is 0 Å². The highest BCUT2D eigenvalue weighted by molar-refractivity contribution is 5.74. The molecule has 2 aliphatic rings. The van der Waals surface area contributed by atoms with E-state index in [1.165, 1.54) is 24.0 Å². The molecule has 2 fully saturated rings. The maximum absolute atomic E-state index is 12.1. The number of hydrogen-bond acceptors (Lipinski definition) is 2. The summed E-state index contributed by atoms with van der Waals surface area (Å²) in [6.45, 7) is 2.44. The SMILES string of the molecule is Cc1ccccc1C(NC(=O)NCC1(O)CCC1)C1CC1. The zero-order valence-electron chi connectivity index (χ0n) is 12.6. The number of rotatable bonds is 5. The Morgan fingerprint density at radius 3 is 2.67 bits per heavy atom. The van der Waals surface area contributed by atoms with Crippen LogP contribution in [0.25, 0.3) is 0 Å². The predicted molar refractivity (Wildman–Crippen MR) is 82.0 cm³/mol. The van der Waals surface area contributed by atoms with Crippen molar-refractivity contribution in [2.45, 2.75) is 50.7 Å². The summed E-state index contributed by atoms with van der Waals surface area (Å²) in [4.78, 5) is 12.1. The van der Waals surface area contributed by atoms with Gasteiger partial charge in [0.25, 0.3) is 0 Å². The van der Waals surface area contributed by atoms with Gasteiger partial charge in [-0.15, -0.1) is 0 Å². The van der Waals surface area contributed by atoms with Crippen molar-refractivity contribution in [2.24, 2.45) is 5.92 Å². The molecule has 1 atom stereocenters. The molecule has 0 heterocycles. The zero-order valence-corrected chi connectivity index (χ0v) is 12.6. The number of aliphatic hydroxyl groups is 1. The number of hydrogen-bond donors (Lipinski definition) is 3. The lowest BCUT2D eigenvalue weighted by atomic mass is 9.80. The molecule has 2 saturated carbocycles. The van der Waals surface area contributed by atoms with Crippen molar-refractivity contribution >= 4 is 6.03 Å². The average Bonchev–Trinajstić information content (AvgIpc) is 3.26. The summed E-state index contributed by atoms with van der Waals surface area (Å²) >= 11 is 0. The summed E-state index contributed by atoms with van der Waals surface area (Å²) in [5, 5.41) is 16.0. The minimum atomic E-state index is -0.672. The Morgan fingerprint density at radius 1 is 1.38 bits per heavy atom. The highest BCUT2D eigenvalue weighted by atomic mass is 16.3. The Morgan fingerprint density at radius 2 is 2.10 bits per heavy atom. The normalized spacial score (nSPS) is 21.2. The number of aryl methyl sites for hydroxylation is 1. The minimum absolute atomic E-state index is 0.0854. The molecule has 0 bridgehead atoms. The largest absolute Gasteiger partial charge is 0.388 e. The van der Waals surface area contributed by atoms with E-state index >= 15 is 0 Å². The lowest BCUT2D eigenvalue weighted by Gasteiger charge is -2.36. The standard InChI is InChI=1S/C17H24N2O2/c1-12-5-2-3-6-14(12)15(13-7-8-13)19-16(20)18-11-17(21)9-4-10-17/h2-3,5-6,13,15,21H,4,7-11H2,1H3,(H2,18,19,20). The second-order valence-corrected chi connectivity index (χ2v) is 6.58. The molecule has 1 aromatic carbocycles. The second kappa shape index (κ2) is 5.68. The first-order valence-electron chi connectivity index (χ1n) is 7.90. The van der Waals surface area contributed by atoms with Crippen molar-refractivity contribution < 1.29 is 9.90 Å². The maximum atomic E-state index is 12.1. The molecule has 0 spiro atoms. The van der Waals surface area contributed by atoms with Crippen LogP contribution in [0, 0.1) is 12.8 Å². The van der Waals surface area contributed by atoms with Gasteiger partial charge in [-0.05, 0) is 56.1 Å². The quantitative estimate of drug-likeness (QED) is 0.780. The Labute approximate surface area is 125 Å². The zero-order chi connectivity index (χ0) is 14.9. The Bertz CT molecular complexity index is 521. The highest BCUT2D eigenvalue weighted by Crippen LogP contribution is 2.41. The van der Waals surface area contributed by atoms with Crippen LogP contribution in [-0.4, -0.2) is 23.3 Å². The van der Waals surface area contributed by atoms with Gasteiger partial charge >= 0.3 is 6.03 Å². The molecule has 0 saturated heterocycles. The number of benzene rings is 1. The van der Waals surface area contributed by atoms with E-state index in [1.807, 2.05) is 12.1 Å². The molecule has 3 rings (SSSR count). The van der Waals surface area contributed by atoms with Gasteiger partial charge in [-0.25, -0.2) is 4.79 Å². The summed E-state index contributed by atoms with van der Waals surface area (Å²) < 4.78 is 0. The predicted octanol–water partition coefficient (Wildman–Crippen LogP) is 2.66. The molecule has 1 unspecified atom stereocenters. The topological polar surface area (TPSA) is 61.4 Å². The van der Waals surface area contributed by atoms with Crippen LogP contribution in [0.5, 0.6) is 0 Å². The van der Waals surface area contributed by atoms with Crippen LogP contribution in [0.4, 0.5) is 4.79 Å². The first-order valence-corrected chi connectivity index (χ1v) is 7.90. The number of nitrogens with one attached hydrogen (secondary N) is 2. The van der Waals surface area contributed by atoms with E-state index < -0.39 is 5.60 Å². The lowest BCUT2D eigenvalue weighted by Crippen LogP contribution is -2.50. The van der Waals surface area contributed by atoms with Gasteiger partial charge in [-0.1, -0.05) is 24.3 Å². The Kier molecular flexibility index (Phi) is 3.89. The highest BCUT2D eigenvalue weighted by Gasteiger charge is 2.36. The molecule has 0 aromatic heterocycles. The van der Waals surface area contributed by atoms with Gasteiger partial charge in [0.1, 0.15) is 0 Å². The van der Waals surface area contributed by atoms with Crippen LogP contribution in [-0.2, 0) is 0 Å². The fourth-order valence-corrected chi connectivity index (χ4v) is 3.01. The summed E-state index contributed by atoms with van der Waals surface area (Å²) in [5.74, 6) is 0.545. The van der Waals surface area contributed by atoms with Crippen molar-refractivity contribution in [1.29, 1.82) is 0 Å². The number of carbonyl (C=O) groups is 1. The Balaban J connectivity index is 1.60. The van der Waals surface area contributed by atoms with Crippen LogP contribution < -0.4 is 10.6 Å². The van der Waals surface area contributed by atoms with Crippen LogP contribution >= 0.6 is 0 Å². The van der Waals surface area contributed by atoms with Crippen LogP contribution in [0.3, 0.4) is 0 Å². The van der Waals surface area contributed by atoms with Gasteiger partial charge in [0.2, 0.25) is 0 Å². The second-order valence-electron chi connectivity index (χ2n) is 6.58. The molecule has 2 aliphatic carbocycles. The summed E-state index contributed by atoms with van der Waals surface area (Å²) in [6, 6.07) is 8.14. The molecule has 0 aliphatic heterocycles. The molecule has 2 amide bonds. The molecule has 0 radical (unpaired) electrons. The lowest BCUT2D eigenvalue weighted by molar-refractivity contribution is -0.0290. The first-order chi connectivity index (χ1) is 10.1. The smallest absolute Gasteiger partial charge is 0.315 e. The molecular formula is C17H24N2O2. The third-order valence-electron chi connectivity index (χ3n) is 4.77. The van der Waals surface area contributed by atoms with Gasteiger partial charge in [-0.2, -0.15) is 0 Å². The van der Waals surface area contributed by atoms with E-state index in [2.05, 4.69) is 29.7 Å². The monoisotopic (exact) mass is 288 g/mol. The Hall–Kier alpha value is -1.55. The van der Waals surface area contributed by atoms with Crippen LogP contribution in [0.1, 0.15) is 49.3 Å². The van der Waals surface area contributed by atoms with E-state index in [4.69, 9.17) is 0 Å². The van der Waals surface area contributed by atoms with Crippen LogP contribution in [0.15, 0.2) is 24.3 Å². The molecule has 1 aromatic rings. The first kappa shape index (κ1) is 14.4. The van der Waals surface area contributed by atoms with Gasteiger partial charge in [-0.3, -0.25) is 0 Å². The van der Waals surface area contributed by atoms with Gasteiger partial charge in [0.05, 0.1) is 11.6 Å². The number of carbonyl (C=O) groups excluding carboxylic acids is 1. The fraction of sp³-hybridized carbons (Fsp3) is 0.588. The van der Waals surface area contributed by atoms with E-state index in [0.717, 1.165) is 19.3 Å². The third-order valence-corrected chi connectivity index (χ3v) is 4.77. The van der Waals surface area contributed by atoms with E-state index in [9.17, 15) is 9.90 Å². The van der Waals surface area contributed by atoms with Crippen molar-refractivity contribution in [3.8, 4) is 0 Å². The summed E-state index contributed by atoms with van der Waals surface area (Å²) in [7, 11) is 0. The van der Waals surface area contributed by atoms with Crippen molar-refractivity contribution in [1.82, 2.24) is 10.6 Å². The molecular weight excluding hydrogens is 264 g/mol. The van der Waals surface area contributed by atoms with E-state index in [1.54, 1.807) is 0 Å². The van der Waals surface area contributed by atoms with Gasteiger partial charge in [0, 0.05) is 6.54 Å². The van der Waals surface area contributed by atoms with Crippen molar-refractivity contribution in [3.63, 3.8) is 0 Å². The van der Waals surface area contributed by atoms with Crippen molar-refractivity contribution in [3.05, 3.63) is 35.4 Å². The van der Waals surface area contributed by atoms with E-state index in [0.29, 0.717) is 12.5 Å². The molecule has 3 N–H and O–H groups in total. The van der Waals surface area contributed by atoms with Crippen LogP contribution in [0.2, 0.25) is 0 Å². The molecule has 4 heteroatoms. The number of urea groups is 1.